The van der Waals surface area contributed by atoms with E-state index in [1.807, 2.05) is 17.8 Å². The Balaban J connectivity index is 0.000000202. The van der Waals surface area contributed by atoms with Crippen molar-refractivity contribution in [1.82, 2.24) is 9.55 Å². The van der Waals surface area contributed by atoms with Crippen LogP contribution in [0, 0.1) is 0 Å². The molecule has 0 radical (unpaired) electrons. The first-order valence-electron chi connectivity index (χ1n) is 3.46. The number of aromatic nitrogens is 2. The predicted octanol–water partition coefficient (Wildman–Crippen LogP) is 1.20. The highest BCUT2D eigenvalue weighted by Gasteiger charge is 1.89. The van der Waals surface area contributed by atoms with Crippen LogP contribution < -0.4 is 0 Å². The quantitative estimate of drug-likeness (QED) is 0.532. The second-order valence-electron chi connectivity index (χ2n) is 2.05. The van der Waals surface area contributed by atoms with Crippen LogP contribution in [0.2, 0.25) is 0 Å². The standard InChI is InChI=1S/C4H6N2.C3H6O2S/c1-6-3-2-5-4-6;1-2-3(4)5-6/h2-4H,1H3;6H,2H2,1H3. The van der Waals surface area contributed by atoms with E-state index in [0.29, 0.717) is 6.42 Å². The van der Waals surface area contributed by atoms with Crippen LogP contribution in [0.1, 0.15) is 13.3 Å². The Kier molecular flexibility index (Phi) is 6.18. The van der Waals surface area contributed by atoms with Crippen LogP contribution in [0.4, 0.5) is 0 Å². The first-order chi connectivity index (χ1) is 5.70. The molecule has 0 bridgehead atoms. The third kappa shape index (κ3) is 5.79. The van der Waals surface area contributed by atoms with E-state index in [2.05, 4.69) is 22.1 Å². The summed E-state index contributed by atoms with van der Waals surface area (Å²) >= 11 is 3.25. The minimum Gasteiger partial charge on any atom is -0.395 e. The van der Waals surface area contributed by atoms with Gasteiger partial charge in [0, 0.05) is 38.8 Å². The maximum atomic E-state index is 9.88. The van der Waals surface area contributed by atoms with Crippen molar-refractivity contribution in [2.75, 3.05) is 0 Å². The van der Waals surface area contributed by atoms with Crippen molar-refractivity contribution < 1.29 is 8.98 Å². The number of hydrogen-bond donors (Lipinski definition) is 1. The number of nitrogens with zero attached hydrogens (tertiary/aromatic N) is 2. The van der Waals surface area contributed by atoms with Gasteiger partial charge in [0.25, 0.3) is 0 Å². The zero-order valence-corrected chi connectivity index (χ0v) is 7.99. The fourth-order valence-electron chi connectivity index (χ4n) is 0.390. The van der Waals surface area contributed by atoms with E-state index < -0.39 is 0 Å². The second-order valence-corrected chi connectivity index (χ2v) is 2.23. The van der Waals surface area contributed by atoms with Crippen molar-refractivity contribution >= 4 is 18.9 Å². The number of hydrogen-bond acceptors (Lipinski definition) is 4. The van der Waals surface area contributed by atoms with E-state index in [0.717, 1.165) is 0 Å². The van der Waals surface area contributed by atoms with Crippen LogP contribution in [-0.2, 0) is 16.0 Å². The normalized spacial score (nSPS) is 8.25. The van der Waals surface area contributed by atoms with Gasteiger partial charge in [-0.1, -0.05) is 6.92 Å². The highest BCUT2D eigenvalue weighted by atomic mass is 32.1. The number of carbonyl (C=O) groups is 1. The maximum Gasteiger partial charge on any atom is 0.317 e. The maximum absolute atomic E-state index is 9.88. The highest BCUT2D eigenvalue weighted by Crippen LogP contribution is 1.84. The van der Waals surface area contributed by atoms with Crippen LogP contribution in [0.25, 0.3) is 0 Å². The summed E-state index contributed by atoms with van der Waals surface area (Å²) in [6.45, 7) is 1.71. The molecule has 0 aliphatic heterocycles. The van der Waals surface area contributed by atoms with Crippen LogP contribution in [0.15, 0.2) is 18.7 Å². The molecule has 1 aromatic heterocycles. The van der Waals surface area contributed by atoms with Gasteiger partial charge in [-0.2, -0.15) is 0 Å². The van der Waals surface area contributed by atoms with Gasteiger partial charge >= 0.3 is 5.97 Å². The number of rotatable bonds is 1. The molecule has 68 valence electrons. The molecule has 0 aromatic carbocycles. The summed E-state index contributed by atoms with van der Waals surface area (Å²) < 4.78 is 5.84. The van der Waals surface area contributed by atoms with Gasteiger partial charge in [-0.25, -0.2) is 4.98 Å². The molecule has 0 saturated heterocycles. The minimum atomic E-state index is -0.293. The molecule has 4 nitrogen and oxygen atoms in total. The van der Waals surface area contributed by atoms with Crippen molar-refractivity contribution in [2.45, 2.75) is 13.3 Å². The summed E-state index contributed by atoms with van der Waals surface area (Å²) in [5.74, 6) is -0.293. The molecule has 0 atom stereocenters. The van der Waals surface area contributed by atoms with Crippen molar-refractivity contribution in [3.63, 3.8) is 0 Å². The molecule has 0 N–H and O–H groups in total. The lowest BCUT2D eigenvalue weighted by Crippen LogP contribution is -1.90. The smallest absolute Gasteiger partial charge is 0.317 e. The Morgan fingerprint density at radius 3 is 2.50 bits per heavy atom. The molecule has 0 amide bonds. The average molecular weight is 188 g/mol. The third-order valence-corrected chi connectivity index (χ3v) is 1.23. The Bertz CT molecular complexity index is 205. The SMILES string of the molecule is CCC(=O)OS.Cn1ccnc1. The fourth-order valence-corrected chi connectivity index (χ4v) is 0.519. The van der Waals surface area contributed by atoms with Crippen LogP contribution in [0.5, 0.6) is 0 Å². The largest absolute Gasteiger partial charge is 0.395 e. The predicted molar refractivity (Wildman–Crippen MR) is 48.6 cm³/mol. The van der Waals surface area contributed by atoms with E-state index in [-0.39, 0.29) is 5.97 Å². The Morgan fingerprint density at radius 1 is 1.75 bits per heavy atom. The molecule has 1 rings (SSSR count). The molecular formula is C7H12N2O2S. The summed E-state index contributed by atoms with van der Waals surface area (Å²) in [4.78, 5) is 13.7. The first kappa shape index (κ1) is 11.0. The fraction of sp³-hybridized carbons (Fsp3) is 0.429. The van der Waals surface area contributed by atoms with Crippen molar-refractivity contribution in [3.05, 3.63) is 18.7 Å². The Labute approximate surface area is 77.2 Å². The van der Waals surface area contributed by atoms with Gasteiger partial charge in [0.15, 0.2) is 0 Å². The first-order valence-corrected chi connectivity index (χ1v) is 3.83. The van der Waals surface area contributed by atoms with Crippen LogP contribution in [0.3, 0.4) is 0 Å². The lowest BCUT2D eigenvalue weighted by molar-refractivity contribution is -0.132. The lowest BCUT2D eigenvalue weighted by atomic mass is 10.5. The zero-order valence-electron chi connectivity index (χ0n) is 7.10. The van der Waals surface area contributed by atoms with Crippen molar-refractivity contribution in [1.29, 1.82) is 0 Å². The van der Waals surface area contributed by atoms with Crippen molar-refractivity contribution in [2.24, 2.45) is 7.05 Å². The van der Waals surface area contributed by atoms with E-state index >= 15 is 0 Å². The van der Waals surface area contributed by atoms with Gasteiger partial charge in [0.2, 0.25) is 0 Å². The third-order valence-electron chi connectivity index (χ3n) is 1.03. The molecule has 0 unspecified atom stereocenters. The second kappa shape index (κ2) is 6.72. The molecule has 5 heteroatoms. The molecule has 12 heavy (non-hydrogen) atoms. The van der Waals surface area contributed by atoms with Gasteiger partial charge in [0.05, 0.1) is 6.33 Å². The molecule has 0 aliphatic rings. The van der Waals surface area contributed by atoms with Gasteiger partial charge < -0.3 is 8.75 Å². The van der Waals surface area contributed by atoms with Gasteiger partial charge in [-0.3, -0.25) is 4.79 Å². The van der Waals surface area contributed by atoms with E-state index in [9.17, 15) is 4.79 Å². The molecule has 0 saturated carbocycles. The Hall–Kier alpha value is -0.970. The number of thiol groups is 1. The minimum absolute atomic E-state index is 0.293. The number of carbonyl (C=O) groups excluding carboxylic acids is 1. The van der Waals surface area contributed by atoms with Gasteiger partial charge in [-0.05, 0) is 0 Å². The lowest BCUT2D eigenvalue weighted by Gasteiger charge is -1.84. The molecular weight excluding hydrogens is 176 g/mol. The average Bonchev–Trinajstić information content (AvgIpc) is 2.55. The topological polar surface area (TPSA) is 44.1 Å². The summed E-state index contributed by atoms with van der Waals surface area (Å²) in [5.41, 5.74) is 0. The van der Waals surface area contributed by atoms with Gasteiger partial charge in [0.1, 0.15) is 0 Å². The molecule has 0 fully saturated rings. The molecule has 1 heterocycles. The highest BCUT2D eigenvalue weighted by molar-refractivity contribution is 7.75. The summed E-state index contributed by atoms with van der Waals surface area (Å²) in [6.07, 6.45) is 5.78. The van der Waals surface area contributed by atoms with Crippen LogP contribution >= 0.6 is 12.9 Å². The Morgan fingerprint density at radius 2 is 2.42 bits per heavy atom. The monoisotopic (exact) mass is 188 g/mol. The van der Waals surface area contributed by atoms with E-state index in [4.69, 9.17) is 0 Å². The summed E-state index contributed by atoms with van der Waals surface area (Å²) in [7, 11) is 1.94. The van der Waals surface area contributed by atoms with Crippen LogP contribution in [-0.4, -0.2) is 15.5 Å². The molecule has 0 spiro atoms. The zero-order chi connectivity index (χ0) is 9.40. The van der Waals surface area contributed by atoms with E-state index in [1.165, 1.54) is 0 Å². The summed E-state index contributed by atoms with van der Waals surface area (Å²) in [6, 6.07) is 0. The number of imidazole rings is 1. The van der Waals surface area contributed by atoms with Gasteiger partial charge in [-0.15, -0.1) is 0 Å². The summed E-state index contributed by atoms with van der Waals surface area (Å²) in [5, 5.41) is 0. The van der Waals surface area contributed by atoms with Crippen molar-refractivity contribution in [3.8, 4) is 0 Å². The van der Waals surface area contributed by atoms with E-state index in [1.54, 1.807) is 19.4 Å². The number of aryl methyl sites for hydroxylation is 1. The molecule has 0 aliphatic carbocycles. The molecule has 1 aromatic rings.